The minimum absolute atomic E-state index is 0.0114. The van der Waals surface area contributed by atoms with Crippen LogP contribution in [0, 0.1) is 12.7 Å². The first-order chi connectivity index (χ1) is 14.8. The third-order valence-corrected chi connectivity index (χ3v) is 6.10. The van der Waals surface area contributed by atoms with Gasteiger partial charge < -0.3 is 10.1 Å². The van der Waals surface area contributed by atoms with Gasteiger partial charge in [0.2, 0.25) is 10.0 Å². The van der Waals surface area contributed by atoms with Gasteiger partial charge in [-0.2, -0.15) is 13.2 Å². The van der Waals surface area contributed by atoms with Gasteiger partial charge in [-0.1, -0.05) is 0 Å². The third kappa shape index (κ3) is 5.71. The lowest BCUT2D eigenvalue weighted by Crippen LogP contribution is -2.49. The molecule has 0 radical (unpaired) electrons. The largest absolute Gasteiger partial charge is 0.437 e. The van der Waals surface area contributed by atoms with Gasteiger partial charge in [-0.25, -0.2) is 17.1 Å². The van der Waals surface area contributed by atoms with Gasteiger partial charge in [-0.3, -0.25) is 4.79 Å². The van der Waals surface area contributed by atoms with Crippen LogP contribution in [0.5, 0.6) is 11.6 Å². The number of aromatic nitrogens is 2. The van der Waals surface area contributed by atoms with Crippen molar-refractivity contribution in [1.29, 1.82) is 0 Å². The van der Waals surface area contributed by atoms with Gasteiger partial charge in [0.25, 0.3) is 11.8 Å². The van der Waals surface area contributed by atoms with Crippen LogP contribution in [0.15, 0.2) is 24.3 Å². The summed E-state index contributed by atoms with van der Waals surface area (Å²) in [4.78, 5) is 12.8. The number of sulfonamides is 1. The Morgan fingerprint density at radius 3 is 2.59 bits per heavy atom. The van der Waals surface area contributed by atoms with Crippen molar-refractivity contribution in [3.63, 3.8) is 0 Å². The molecule has 1 atom stereocenters. The molecule has 0 unspecified atom stereocenters. The molecule has 1 aliphatic rings. The second kappa shape index (κ2) is 8.98. The summed E-state index contributed by atoms with van der Waals surface area (Å²) in [6, 6.07) is 3.37. The lowest BCUT2D eigenvalue weighted by Gasteiger charge is -2.31. The smallest absolute Gasteiger partial charge is 0.435 e. The Balaban J connectivity index is 1.90. The van der Waals surface area contributed by atoms with Crippen molar-refractivity contribution in [3.8, 4) is 11.6 Å². The number of carbonyl (C=O) groups excluding carboxylic acids is 1. The first kappa shape index (κ1) is 23.9. The van der Waals surface area contributed by atoms with Gasteiger partial charge in [-0.15, -0.1) is 10.2 Å². The maximum atomic E-state index is 13.3. The van der Waals surface area contributed by atoms with E-state index in [1.54, 1.807) is 0 Å². The highest BCUT2D eigenvalue weighted by molar-refractivity contribution is 7.88. The predicted octanol–water partition coefficient (Wildman–Crippen LogP) is 2.89. The van der Waals surface area contributed by atoms with Gasteiger partial charge in [0.1, 0.15) is 17.1 Å². The number of aryl methyl sites for hydroxylation is 1. The first-order valence-corrected chi connectivity index (χ1v) is 11.3. The molecule has 1 aromatic heterocycles. The molecular formula is C19H20F4N4O4S. The van der Waals surface area contributed by atoms with Crippen LogP contribution in [0.4, 0.5) is 17.6 Å². The highest BCUT2D eigenvalue weighted by Crippen LogP contribution is 2.32. The van der Waals surface area contributed by atoms with Gasteiger partial charge in [0.15, 0.2) is 5.69 Å². The number of halogens is 4. The predicted molar refractivity (Wildman–Crippen MR) is 105 cm³/mol. The molecule has 8 nitrogen and oxygen atoms in total. The second-order valence-corrected chi connectivity index (χ2v) is 9.37. The number of amides is 1. The third-order valence-electron chi connectivity index (χ3n) is 4.83. The number of carbonyl (C=O) groups is 1. The number of nitrogens with zero attached hydrogens (tertiary/aromatic N) is 3. The molecule has 1 aliphatic heterocycles. The average molecular weight is 476 g/mol. The van der Waals surface area contributed by atoms with Crippen LogP contribution >= 0.6 is 0 Å². The van der Waals surface area contributed by atoms with Crippen LogP contribution in [0.2, 0.25) is 0 Å². The molecule has 13 heteroatoms. The Morgan fingerprint density at radius 2 is 1.97 bits per heavy atom. The topological polar surface area (TPSA) is 101 Å². The summed E-state index contributed by atoms with van der Waals surface area (Å²) in [6.45, 7) is 1.79. The monoisotopic (exact) mass is 476 g/mol. The van der Waals surface area contributed by atoms with E-state index in [4.69, 9.17) is 4.74 Å². The van der Waals surface area contributed by atoms with E-state index in [1.807, 2.05) is 0 Å². The van der Waals surface area contributed by atoms with Crippen molar-refractivity contribution in [2.75, 3.05) is 19.3 Å². The summed E-state index contributed by atoms with van der Waals surface area (Å²) in [6.07, 6.45) is -2.91. The van der Waals surface area contributed by atoms with Crippen LogP contribution in [0.1, 0.15) is 34.5 Å². The Morgan fingerprint density at radius 1 is 1.25 bits per heavy atom. The summed E-state index contributed by atoms with van der Waals surface area (Å²) in [5, 5.41) is 9.05. The zero-order valence-electron chi connectivity index (χ0n) is 17.1. The Bertz CT molecular complexity index is 1120. The molecule has 0 bridgehead atoms. The van der Waals surface area contributed by atoms with Crippen LogP contribution in [-0.2, 0) is 16.2 Å². The molecule has 1 N–H and O–H groups in total. The summed E-state index contributed by atoms with van der Waals surface area (Å²) >= 11 is 0. The molecule has 1 aromatic carbocycles. The standard InChI is InChI=1S/C19H20F4N4O4S/c1-11-8-12(20)5-6-15(11)31-18-14(9-16(25-26-18)19(21,22)23)17(28)24-13-4-3-7-27(10-13)32(2,29)30/h5-6,8-9,13H,3-4,7,10H2,1-2H3,(H,24,28)/t13-/m1/s1. The van der Waals surface area contributed by atoms with Crippen LogP contribution < -0.4 is 10.1 Å². The van der Waals surface area contributed by atoms with Crippen molar-refractivity contribution in [1.82, 2.24) is 19.8 Å². The van der Waals surface area contributed by atoms with Crippen LogP contribution in [0.3, 0.4) is 0 Å². The Labute approximate surface area is 181 Å². The number of ether oxygens (including phenoxy) is 1. The minimum Gasteiger partial charge on any atom is -0.437 e. The van der Waals surface area contributed by atoms with E-state index in [9.17, 15) is 30.8 Å². The molecule has 174 valence electrons. The van der Waals surface area contributed by atoms with Gasteiger partial charge >= 0.3 is 6.18 Å². The fraction of sp³-hybridized carbons (Fsp3) is 0.421. The molecule has 1 amide bonds. The molecule has 0 saturated carbocycles. The van der Waals surface area contributed by atoms with E-state index < -0.39 is 51.1 Å². The molecule has 1 saturated heterocycles. The number of hydrogen-bond acceptors (Lipinski definition) is 6. The van der Waals surface area contributed by atoms with Crippen molar-refractivity contribution in [2.45, 2.75) is 32.0 Å². The molecule has 32 heavy (non-hydrogen) atoms. The molecule has 0 aliphatic carbocycles. The number of hydrogen-bond donors (Lipinski definition) is 1. The van der Waals surface area contributed by atoms with Crippen molar-refractivity contribution in [3.05, 3.63) is 46.9 Å². The number of piperidine rings is 1. The summed E-state index contributed by atoms with van der Waals surface area (Å²) in [5.41, 5.74) is -1.60. The zero-order valence-corrected chi connectivity index (χ0v) is 17.9. The Kier molecular flexibility index (Phi) is 6.69. The van der Waals surface area contributed by atoms with Gasteiger partial charge in [0.05, 0.1) is 6.26 Å². The highest BCUT2D eigenvalue weighted by Gasteiger charge is 2.36. The number of nitrogens with one attached hydrogen (secondary N) is 1. The molecule has 2 aromatic rings. The highest BCUT2D eigenvalue weighted by atomic mass is 32.2. The lowest BCUT2D eigenvalue weighted by molar-refractivity contribution is -0.141. The fourth-order valence-electron chi connectivity index (χ4n) is 3.21. The second-order valence-electron chi connectivity index (χ2n) is 7.39. The molecular weight excluding hydrogens is 456 g/mol. The number of alkyl halides is 3. The van der Waals surface area contributed by atoms with Crippen LogP contribution in [-0.4, -0.2) is 54.2 Å². The maximum absolute atomic E-state index is 13.3. The molecule has 3 rings (SSSR count). The molecule has 2 heterocycles. The first-order valence-electron chi connectivity index (χ1n) is 9.49. The van der Waals surface area contributed by atoms with Gasteiger partial charge in [0, 0.05) is 19.1 Å². The SMILES string of the molecule is Cc1cc(F)ccc1Oc1nnc(C(F)(F)F)cc1C(=O)N[C@@H]1CCCN(S(C)(=O)=O)C1. The van der Waals surface area contributed by atoms with E-state index in [2.05, 4.69) is 15.5 Å². The van der Waals surface area contributed by atoms with E-state index in [0.29, 0.717) is 31.0 Å². The minimum atomic E-state index is -4.86. The zero-order chi connectivity index (χ0) is 23.7. The quantitative estimate of drug-likeness (QED) is 0.666. The summed E-state index contributed by atoms with van der Waals surface area (Å²) < 4.78 is 83.0. The fourth-order valence-corrected chi connectivity index (χ4v) is 4.12. The van der Waals surface area contributed by atoms with E-state index in [-0.39, 0.29) is 12.3 Å². The van der Waals surface area contributed by atoms with Crippen LogP contribution in [0.25, 0.3) is 0 Å². The van der Waals surface area contributed by atoms with Crippen molar-refractivity contribution < 1.29 is 35.5 Å². The van der Waals surface area contributed by atoms with E-state index in [1.165, 1.54) is 17.3 Å². The van der Waals surface area contributed by atoms with Gasteiger partial charge in [-0.05, 0) is 49.6 Å². The molecule has 1 fully saturated rings. The lowest BCUT2D eigenvalue weighted by atomic mass is 10.1. The number of rotatable bonds is 5. The van der Waals surface area contributed by atoms with Crippen molar-refractivity contribution >= 4 is 15.9 Å². The van der Waals surface area contributed by atoms with Crippen molar-refractivity contribution in [2.24, 2.45) is 0 Å². The van der Waals surface area contributed by atoms with E-state index in [0.717, 1.165) is 18.4 Å². The van der Waals surface area contributed by atoms with E-state index >= 15 is 0 Å². The number of benzene rings is 1. The normalized spacial score (nSPS) is 17.8. The maximum Gasteiger partial charge on any atom is 0.435 e. The summed E-state index contributed by atoms with van der Waals surface area (Å²) in [5.74, 6) is -1.89. The Hall–Kier alpha value is -2.80. The molecule has 0 spiro atoms. The average Bonchev–Trinajstić information content (AvgIpc) is 2.69. The summed E-state index contributed by atoms with van der Waals surface area (Å²) in [7, 11) is -3.49.